The van der Waals surface area contributed by atoms with E-state index in [9.17, 15) is 22.0 Å². The van der Waals surface area contributed by atoms with Gasteiger partial charge in [0, 0.05) is 31.8 Å². The number of carbonyl (C=O) groups is 1. The summed E-state index contributed by atoms with van der Waals surface area (Å²) in [5.41, 5.74) is 1.18. The molecule has 0 aromatic heterocycles. The maximum Gasteiger partial charge on any atom is 0.240 e. The Morgan fingerprint density at radius 1 is 1.07 bits per heavy atom. The van der Waals surface area contributed by atoms with Crippen molar-refractivity contribution in [3.05, 3.63) is 59.7 Å². The molecule has 146 valence electrons. The third-order valence-electron chi connectivity index (χ3n) is 4.08. The number of benzene rings is 2. The molecule has 0 saturated carbocycles. The number of rotatable bonds is 7. The number of nitrogens with one attached hydrogen (secondary N) is 1. The summed E-state index contributed by atoms with van der Waals surface area (Å²) in [5.74, 6) is -2.23. The van der Waals surface area contributed by atoms with Gasteiger partial charge in [-0.15, -0.1) is 0 Å². The fraction of sp³-hybridized carbons (Fsp3) is 0.316. The highest BCUT2D eigenvalue weighted by atomic mass is 32.2. The second-order valence-electron chi connectivity index (χ2n) is 6.39. The van der Waals surface area contributed by atoms with E-state index in [-0.39, 0.29) is 29.6 Å². The molecule has 0 radical (unpaired) electrons. The van der Waals surface area contributed by atoms with Crippen molar-refractivity contribution in [2.45, 2.75) is 31.6 Å². The van der Waals surface area contributed by atoms with Crippen LogP contribution in [-0.4, -0.2) is 27.4 Å². The summed E-state index contributed by atoms with van der Waals surface area (Å²) in [4.78, 5) is 13.1. The Bertz CT molecular complexity index is 913. The molecule has 0 saturated heterocycles. The second kappa shape index (κ2) is 8.58. The topological polar surface area (TPSA) is 66.5 Å². The number of hydrogen-bond donors (Lipinski definition) is 1. The van der Waals surface area contributed by atoms with Crippen molar-refractivity contribution in [2.75, 3.05) is 18.0 Å². The van der Waals surface area contributed by atoms with Crippen molar-refractivity contribution in [3.8, 4) is 0 Å². The van der Waals surface area contributed by atoms with Gasteiger partial charge in [-0.3, -0.25) is 4.79 Å². The van der Waals surface area contributed by atoms with Crippen LogP contribution in [0, 0.1) is 11.6 Å². The fourth-order valence-electron chi connectivity index (χ4n) is 2.53. The van der Waals surface area contributed by atoms with Crippen molar-refractivity contribution >= 4 is 21.6 Å². The zero-order valence-corrected chi connectivity index (χ0v) is 16.2. The van der Waals surface area contributed by atoms with Crippen LogP contribution < -0.4 is 9.62 Å². The van der Waals surface area contributed by atoms with Crippen LogP contribution in [0.15, 0.2) is 47.4 Å². The van der Waals surface area contributed by atoms with Crippen LogP contribution in [-0.2, 0) is 14.8 Å². The maximum atomic E-state index is 13.4. The van der Waals surface area contributed by atoms with E-state index in [1.54, 1.807) is 12.1 Å². The highest BCUT2D eigenvalue weighted by Crippen LogP contribution is 2.19. The molecule has 0 atom stereocenters. The van der Waals surface area contributed by atoms with E-state index in [2.05, 4.69) is 4.72 Å². The van der Waals surface area contributed by atoms with Crippen LogP contribution >= 0.6 is 0 Å². The van der Waals surface area contributed by atoms with E-state index in [0.29, 0.717) is 0 Å². The molecular weight excluding hydrogens is 374 g/mol. The molecule has 5 nitrogen and oxygen atoms in total. The van der Waals surface area contributed by atoms with Crippen molar-refractivity contribution < 1.29 is 22.0 Å². The van der Waals surface area contributed by atoms with E-state index >= 15 is 0 Å². The normalized spacial score (nSPS) is 11.6. The van der Waals surface area contributed by atoms with E-state index in [1.165, 1.54) is 30.0 Å². The molecule has 2 aromatic carbocycles. The van der Waals surface area contributed by atoms with Crippen molar-refractivity contribution in [1.82, 2.24) is 4.72 Å². The summed E-state index contributed by atoms with van der Waals surface area (Å²) in [6.45, 7) is 5.18. The minimum Gasteiger partial charge on any atom is -0.311 e. The molecule has 1 N–H and O–H groups in total. The Labute approximate surface area is 158 Å². The van der Waals surface area contributed by atoms with Gasteiger partial charge >= 0.3 is 0 Å². The average Bonchev–Trinajstić information content (AvgIpc) is 2.61. The molecule has 0 aliphatic carbocycles. The summed E-state index contributed by atoms with van der Waals surface area (Å²) >= 11 is 0. The Morgan fingerprint density at radius 2 is 1.70 bits per heavy atom. The third-order valence-corrected chi connectivity index (χ3v) is 5.56. The first-order valence-corrected chi connectivity index (χ1v) is 9.93. The van der Waals surface area contributed by atoms with Crippen LogP contribution in [0.4, 0.5) is 14.5 Å². The van der Waals surface area contributed by atoms with Crippen molar-refractivity contribution in [3.63, 3.8) is 0 Å². The lowest BCUT2D eigenvalue weighted by atomic mass is 10.0. The fourth-order valence-corrected chi connectivity index (χ4v) is 3.55. The SMILES string of the molecule is CC(=O)N(CCNS(=O)(=O)c1ccc(C(C)C)cc1)c1ccc(F)c(F)c1. The van der Waals surface area contributed by atoms with E-state index in [1.807, 2.05) is 13.8 Å². The van der Waals surface area contributed by atoms with Crippen LogP contribution in [0.25, 0.3) is 0 Å². The standard InChI is InChI=1S/C19H22F2N2O3S/c1-13(2)15-4-7-17(8-5-15)27(25,26)22-10-11-23(14(3)24)16-6-9-18(20)19(21)12-16/h4-9,12-13,22H,10-11H2,1-3H3. The number of halogens is 2. The van der Waals surface area contributed by atoms with Gasteiger partial charge in [0.25, 0.3) is 0 Å². The molecule has 0 aliphatic rings. The molecule has 2 aromatic rings. The number of sulfonamides is 1. The number of hydrogen-bond acceptors (Lipinski definition) is 3. The molecule has 0 fully saturated rings. The highest BCUT2D eigenvalue weighted by molar-refractivity contribution is 7.89. The molecule has 0 aliphatic heterocycles. The Balaban J connectivity index is 2.07. The minimum atomic E-state index is -3.74. The number of nitrogens with zero attached hydrogens (tertiary/aromatic N) is 1. The lowest BCUT2D eigenvalue weighted by Crippen LogP contribution is -2.37. The highest BCUT2D eigenvalue weighted by Gasteiger charge is 2.17. The molecule has 0 bridgehead atoms. The zero-order chi connectivity index (χ0) is 20.2. The minimum absolute atomic E-state index is 0.0241. The average molecular weight is 396 g/mol. The first-order chi connectivity index (χ1) is 12.6. The quantitative estimate of drug-likeness (QED) is 0.780. The van der Waals surface area contributed by atoms with Crippen molar-refractivity contribution in [2.24, 2.45) is 0 Å². The molecule has 0 unspecified atom stereocenters. The van der Waals surface area contributed by atoms with Crippen LogP contribution in [0.5, 0.6) is 0 Å². The van der Waals surface area contributed by atoms with Crippen LogP contribution in [0.3, 0.4) is 0 Å². The largest absolute Gasteiger partial charge is 0.311 e. The molecule has 2 rings (SSSR count). The molecule has 8 heteroatoms. The lowest BCUT2D eigenvalue weighted by molar-refractivity contribution is -0.116. The number of carbonyl (C=O) groups excluding carboxylic acids is 1. The first kappa shape index (κ1) is 21.0. The molecule has 0 heterocycles. The van der Waals surface area contributed by atoms with Gasteiger partial charge < -0.3 is 4.90 Å². The number of amides is 1. The van der Waals surface area contributed by atoms with Gasteiger partial charge in [-0.1, -0.05) is 26.0 Å². The van der Waals surface area contributed by atoms with Gasteiger partial charge in [-0.05, 0) is 35.7 Å². The monoisotopic (exact) mass is 396 g/mol. The molecule has 0 spiro atoms. The van der Waals surface area contributed by atoms with Gasteiger partial charge in [0.1, 0.15) is 0 Å². The van der Waals surface area contributed by atoms with Crippen LogP contribution in [0.1, 0.15) is 32.3 Å². The Hall–Kier alpha value is -2.32. The van der Waals surface area contributed by atoms with Gasteiger partial charge in [-0.25, -0.2) is 21.9 Å². The predicted molar refractivity (Wildman–Crippen MR) is 100 cm³/mol. The van der Waals surface area contributed by atoms with Gasteiger partial charge in [0.15, 0.2) is 11.6 Å². The second-order valence-corrected chi connectivity index (χ2v) is 8.16. The summed E-state index contributed by atoms with van der Waals surface area (Å²) in [6, 6.07) is 9.63. The first-order valence-electron chi connectivity index (χ1n) is 8.44. The number of anilines is 1. The smallest absolute Gasteiger partial charge is 0.240 e. The Kier molecular flexibility index (Phi) is 6.67. The van der Waals surface area contributed by atoms with Gasteiger partial charge in [0.05, 0.1) is 4.90 Å². The van der Waals surface area contributed by atoms with Gasteiger partial charge in [-0.2, -0.15) is 0 Å². The maximum absolute atomic E-state index is 13.4. The van der Waals surface area contributed by atoms with E-state index < -0.39 is 27.6 Å². The molecule has 27 heavy (non-hydrogen) atoms. The molecular formula is C19H22F2N2O3S. The summed E-state index contributed by atoms with van der Waals surface area (Å²) in [7, 11) is -3.74. The zero-order valence-electron chi connectivity index (χ0n) is 15.4. The Morgan fingerprint density at radius 3 is 2.22 bits per heavy atom. The molecule has 1 amide bonds. The lowest BCUT2D eigenvalue weighted by Gasteiger charge is -2.21. The van der Waals surface area contributed by atoms with Crippen LogP contribution in [0.2, 0.25) is 0 Å². The van der Waals surface area contributed by atoms with Crippen molar-refractivity contribution in [1.29, 1.82) is 0 Å². The third kappa shape index (κ3) is 5.33. The summed E-state index contributed by atoms with van der Waals surface area (Å²) in [6.07, 6.45) is 0. The van der Waals surface area contributed by atoms with E-state index in [4.69, 9.17) is 0 Å². The van der Waals surface area contributed by atoms with Gasteiger partial charge in [0.2, 0.25) is 15.9 Å². The van der Waals surface area contributed by atoms with E-state index in [0.717, 1.165) is 17.7 Å². The predicted octanol–water partition coefficient (Wildman–Crippen LogP) is 3.42. The summed E-state index contributed by atoms with van der Waals surface area (Å²) < 4.78 is 53.6. The summed E-state index contributed by atoms with van der Waals surface area (Å²) in [5, 5.41) is 0.